The minimum Gasteiger partial charge on any atom is -0.479 e. The van der Waals surface area contributed by atoms with Crippen LogP contribution in [0.2, 0.25) is 0 Å². The standard InChI is InChI=1S/C11H16N2O4/c1-2-6-4-11(6,10(16)17)13-9(15)8-3-7(14)5-12-8/h2,6-8,12,14H,1,3-5H2,(H,13,15)(H,16,17)/t6-,7+,8+,11-/m1/s1. The summed E-state index contributed by atoms with van der Waals surface area (Å²) in [6.45, 7) is 3.91. The Balaban J connectivity index is 1.98. The Kier molecular flexibility index (Phi) is 2.92. The van der Waals surface area contributed by atoms with Crippen molar-refractivity contribution in [2.45, 2.75) is 30.5 Å². The van der Waals surface area contributed by atoms with Crippen LogP contribution in [0.25, 0.3) is 0 Å². The van der Waals surface area contributed by atoms with Crippen LogP contribution in [-0.4, -0.2) is 46.3 Å². The van der Waals surface area contributed by atoms with Crippen LogP contribution >= 0.6 is 0 Å². The number of nitrogens with one attached hydrogen (secondary N) is 2. The summed E-state index contributed by atoms with van der Waals surface area (Å²) in [7, 11) is 0. The fourth-order valence-electron chi connectivity index (χ4n) is 2.24. The van der Waals surface area contributed by atoms with Gasteiger partial charge >= 0.3 is 5.97 Å². The molecule has 0 unspecified atom stereocenters. The Labute approximate surface area is 98.7 Å². The summed E-state index contributed by atoms with van der Waals surface area (Å²) in [5.41, 5.74) is -1.19. The average molecular weight is 240 g/mol. The second-order valence-corrected chi connectivity index (χ2v) is 4.66. The van der Waals surface area contributed by atoms with Gasteiger partial charge in [-0.05, 0) is 12.8 Å². The van der Waals surface area contributed by atoms with E-state index in [9.17, 15) is 14.7 Å². The molecule has 0 radical (unpaired) electrons. The maximum absolute atomic E-state index is 11.8. The molecule has 0 spiro atoms. The van der Waals surface area contributed by atoms with E-state index in [1.807, 2.05) is 0 Å². The monoisotopic (exact) mass is 240 g/mol. The van der Waals surface area contributed by atoms with Gasteiger partial charge in [0.1, 0.15) is 5.54 Å². The number of aliphatic carboxylic acids is 1. The number of β-amino-alcohol motifs (C(OH)–C–C–N with tert-alkyl or cyclic N) is 1. The molecule has 94 valence electrons. The number of rotatable bonds is 4. The Hall–Kier alpha value is -1.40. The number of aliphatic hydroxyl groups excluding tert-OH is 1. The molecule has 17 heavy (non-hydrogen) atoms. The molecule has 1 saturated heterocycles. The molecule has 1 heterocycles. The normalized spacial score (nSPS) is 39.7. The Bertz CT molecular complexity index is 370. The topological polar surface area (TPSA) is 98.7 Å². The van der Waals surface area contributed by atoms with Crippen molar-refractivity contribution >= 4 is 11.9 Å². The van der Waals surface area contributed by atoms with Crippen molar-refractivity contribution in [3.8, 4) is 0 Å². The zero-order chi connectivity index (χ0) is 12.6. The van der Waals surface area contributed by atoms with Gasteiger partial charge < -0.3 is 20.8 Å². The minimum absolute atomic E-state index is 0.213. The van der Waals surface area contributed by atoms with Gasteiger partial charge in [-0.3, -0.25) is 4.79 Å². The molecule has 4 atom stereocenters. The first kappa shape index (κ1) is 12.1. The highest BCUT2D eigenvalue weighted by atomic mass is 16.4. The van der Waals surface area contributed by atoms with Crippen molar-refractivity contribution in [2.24, 2.45) is 5.92 Å². The smallest absolute Gasteiger partial charge is 0.330 e. The lowest BCUT2D eigenvalue weighted by molar-refractivity contribution is -0.143. The summed E-state index contributed by atoms with van der Waals surface area (Å²) in [5.74, 6) is -1.61. The molecule has 2 aliphatic rings. The molecule has 1 saturated carbocycles. The van der Waals surface area contributed by atoms with E-state index in [-0.39, 0.29) is 11.8 Å². The molecule has 0 aromatic rings. The van der Waals surface area contributed by atoms with Gasteiger partial charge in [-0.25, -0.2) is 4.79 Å². The molecule has 0 bridgehead atoms. The van der Waals surface area contributed by atoms with E-state index in [0.29, 0.717) is 19.4 Å². The Morgan fingerprint density at radius 3 is 2.65 bits per heavy atom. The fourth-order valence-corrected chi connectivity index (χ4v) is 2.24. The fraction of sp³-hybridized carbons (Fsp3) is 0.636. The molecule has 4 N–H and O–H groups in total. The lowest BCUT2D eigenvalue weighted by atomic mass is 10.1. The zero-order valence-electron chi connectivity index (χ0n) is 9.35. The number of hydrogen-bond acceptors (Lipinski definition) is 4. The van der Waals surface area contributed by atoms with Crippen LogP contribution in [0.5, 0.6) is 0 Å². The third kappa shape index (κ3) is 2.05. The van der Waals surface area contributed by atoms with Crippen LogP contribution in [0.3, 0.4) is 0 Å². The van der Waals surface area contributed by atoms with E-state index in [2.05, 4.69) is 17.2 Å². The number of amides is 1. The molecular weight excluding hydrogens is 224 g/mol. The summed E-state index contributed by atoms with van der Waals surface area (Å²) >= 11 is 0. The molecule has 1 aliphatic carbocycles. The molecule has 1 amide bonds. The molecule has 6 nitrogen and oxygen atoms in total. The lowest BCUT2D eigenvalue weighted by Crippen LogP contribution is -2.51. The average Bonchev–Trinajstić information content (AvgIpc) is 2.82. The summed E-state index contributed by atoms with van der Waals surface area (Å²) < 4.78 is 0. The van der Waals surface area contributed by atoms with E-state index in [1.54, 1.807) is 6.08 Å². The number of carbonyl (C=O) groups is 2. The maximum Gasteiger partial charge on any atom is 0.330 e. The van der Waals surface area contributed by atoms with E-state index < -0.39 is 23.7 Å². The molecule has 0 aromatic carbocycles. The van der Waals surface area contributed by atoms with Crippen LogP contribution in [0.4, 0.5) is 0 Å². The maximum atomic E-state index is 11.8. The number of aliphatic hydroxyl groups is 1. The molecule has 2 fully saturated rings. The number of carboxylic acids is 1. The van der Waals surface area contributed by atoms with E-state index in [4.69, 9.17) is 5.11 Å². The first-order chi connectivity index (χ1) is 7.99. The van der Waals surface area contributed by atoms with Crippen LogP contribution < -0.4 is 10.6 Å². The second kappa shape index (κ2) is 4.12. The summed E-state index contributed by atoms with van der Waals surface area (Å²) in [5, 5.41) is 23.8. The summed E-state index contributed by atoms with van der Waals surface area (Å²) in [4.78, 5) is 23.0. The van der Waals surface area contributed by atoms with Gasteiger partial charge in [0.15, 0.2) is 0 Å². The van der Waals surface area contributed by atoms with Crippen LogP contribution in [-0.2, 0) is 9.59 Å². The number of hydrogen-bond donors (Lipinski definition) is 4. The molecule has 0 aromatic heterocycles. The quantitative estimate of drug-likeness (QED) is 0.465. The molecule has 6 heteroatoms. The van der Waals surface area contributed by atoms with Crippen LogP contribution in [0, 0.1) is 5.92 Å². The van der Waals surface area contributed by atoms with Gasteiger partial charge in [-0.15, -0.1) is 6.58 Å². The number of carboxylic acid groups (broad SMARTS) is 1. The lowest BCUT2D eigenvalue weighted by Gasteiger charge is -2.17. The van der Waals surface area contributed by atoms with Crippen molar-refractivity contribution in [3.05, 3.63) is 12.7 Å². The van der Waals surface area contributed by atoms with Gasteiger partial charge in [0.25, 0.3) is 0 Å². The molecule has 2 rings (SSSR count). The Morgan fingerprint density at radius 1 is 1.53 bits per heavy atom. The van der Waals surface area contributed by atoms with Crippen molar-refractivity contribution in [2.75, 3.05) is 6.54 Å². The summed E-state index contributed by atoms with van der Waals surface area (Å²) in [6, 6.07) is -0.507. The van der Waals surface area contributed by atoms with Gasteiger partial charge in [-0.2, -0.15) is 0 Å². The van der Waals surface area contributed by atoms with Crippen molar-refractivity contribution in [1.82, 2.24) is 10.6 Å². The van der Waals surface area contributed by atoms with E-state index in [1.165, 1.54) is 0 Å². The predicted molar refractivity (Wildman–Crippen MR) is 59.2 cm³/mol. The van der Waals surface area contributed by atoms with Crippen molar-refractivity contribution in [1.29, 1.82) is 0 Å². The first-order valence-corrected chi connectivity index (χ1v) is 5.59. The van der Waals surface area contributed by atoms with Crippen molar-refractivity contribution in [3.63, 3.8) is 0 Å². The third-order valence-electron chi connectivity index (χ3n) is 3.45. The van der Waals surface area contributed by atoms with Gasteiger partial charge in [0, 0.05) is 12.5 Å². The van der Waals surface area contributed by atoms with Crippen LogP contribution in [0.1, 0.15) is 12.8 Å². The van der Waals surface area contributed by atoms with Crippen LogP contribution in [0.15, 0.2) is 12.7 Å². The third-order valence-corrected chi connectivity index (χ3v) is 3.45. The SMILES string of the molecule is C=C[C@@H]1C[C@]1(NC(=O)[C@@H]1C[C@H](O)CN1)C(=O)O. The van der Waals surface area contributed by atoms with E-state index in [0.717, 1.165) is 0 Å². The summed E-state index contributed by atoms with van der Waals surface area (Å²) in [6.07, 6.45) is 1.71. The second-order valence-electron chi connectivity index (χ2n) is 4.66. The van der Waals surface area contributed by atoms with E-state index >= 15 is 0 Å². The highest BCUT2D eigenvalue weighted by Crippen LogP contribution is 2.44. The zero-order valence-corrected chi connectivity index (χ0v) is 9.35. The number of carbonyl (C=O) groups excluding carboxylic acids is 1. The highest BCUT2D eigenvalue weighted by molar-refractivity contribution is 5.92. The molecular formula is C11H16N2O4. The van der Waals surface area contributed by atoms with Gasteiger partial charge in [0.05, 0.1) is 12.1 Å². The van der Waals surface area contributed by atoms with Gasteiger partial charge in [-0.1, -0.05) is 6.08 Å². The highest BCUT2D eigenvalue weighted by Gasteiger charge is 2.60. The first-order valence-electron chi connectivity index (χ1n) is 5.59. The Morgan fingerprint density at radius 2 is 2.24 bits per heavy atom. The van der Waals surface area contributed by atoms with Gasteiger partial charge in [0.2, 0.25) is 5.91 Å². The predicted octanol–water partition coefficient (Wildman–Crippen LogP) is -1.15. The minimum atomic E-state index is -1.19. The molecule has 1 aliphatic heterocycles. The van der Waals surface area contributed by atoms with Crippen molar-refractivity contribution < 1.29 is 19.8 Å². The largest absolute Gasteiger partial charge is 0.479 e.